The van der Waals surface area contributed by atoms with Gasteiger partial charge in [0.2, 0.25) is 5.95 Å². The summed E-state index contributed by atoms with van der Waals surface area (Å²) < 4.78 is 0. The number of anilines is 1. The molecule has 1 atom stereocenters. The van der Waals surface area contributed by atoms with Gasteiger partial charge in [-0.2, -0.15) is 0 Å². The van der Waals surface area contributed by atoms with Crippen LogP contribution < -0.4 is 4.90 Å². The number of hydrogen-bond acceptors (Lipinski definition) is 6. The normalized spacial score (nSPS) is 24.4. The summed E-state index contributed by atoms with van der Waals surface area (Å²) in [6.45, 7) is 2.35. The highest BCUT2D eigenvalue weighted by molar-refractivity contribution is 5.26. The van der Waals surface area contributed by atoms with Gasteiger partial charge in [0.15, 0.2) is 0 Å². The molecule has 0 saturated carbocycles. The quantitative estimate of drug-likeness (QED) is 0.824. The zero-order valence-electron chi connectivity index (χ0n) is 12.3. The Bertz CT molecular complexity index is 424. The fraction of sp³-hybridized carbons (Fsp3) is 0.714. The highest BCUT2D eigenvalue weighted by Crippen LogP contribution is 2.22. The lowest BCUT2D eigenvalue weighted by atomic mass is 9.96. The van der Waals surface area contributed by atoms with Crippen LogP contribution in [-0.4, -0.2) is 64.5 Å². The second-order valence-electron chi connectivity index (χ2n) is 5.80. The maximum Gasteiger partial charge on any atom is 0.224 e. The monoisotopic (exact) mass is 280 g/mol. The third kappa shape index (κ3) is 3.88. The lowest BCUT2D eigenvalue weighted by Gasteiger charge is -2.24. The van der Waals surface area contributed by atoms with Crippen molar-refractivity contribution >= 4 is 5.95 Å². The Labute approximate surface area is 120 Å². The fourth-order valence-electron chi connectivity index (χ4n) is 2.47. The van der Waals surface area contributed by atoms with Gasteiger partial charge in [-0.3, -0.25) is 4.90 Å². The summed E-state index contributed by atoms with van der Waals surface area (Å²) in [5.74, 6) is 0.708. The van der Waals surface area contributed by atoms with E-state index in [0.29, 0.717) is 18.8 Å². The molecule has 112 valence electrons. The molecule has 0 spiro atoms. The van der Waals surface area contributed by atoms with Crippen LogP contribution in [0, 0.1) is 0 Å². The molecule has 2 rings (SSSR count). The number of hydrogen-bond donors (Lipinski definition) is 2. The molecule has 0 amide bonds. The Morgan fingerprint density at radius 2 is 1.95 bits per heavy atom. The van der Waals surface area contributed by atoms with E-state index in [2.05, 4.69) is 14.9 Å². The molecule has 1 saturated heterocycles. The second-order valence-corrected chi connectivity index (χ2v) is 5.80. The largest absolute Gasteiger partial charge is 0.393 e. The van der Waals surface area contributed by atoms with Gasteiger partial charge in [-0.1, -0.05) is 0 Å². The lowest BCUT2D eigenvalue weighted by Crippen LogP contribution is -2.34. The molecule has 0 bridgehead atoms. The molecular weight excluding hydrogens is 256 g/mol. The number of aromatic nitrogens is 2. The van der Waals surface area contributed by atoms with Gasteiger partial charge in [0.05, 0.1) is 12.2 Å². The molecule has 20 heavy (non-hydrogen) atoms. The van der Waals surface area contributed by atoms with E-state index in [0.717, 1.165) is 31.6 Å². The first kappa shape index (κ1) is 15.2. The van der Waals surface area contributed by atoms with Crippen LogP contribution in [-0.2, 0) is 6.54 Å². The molecule has 0 unspecified atom stereocenters. The van der Waals surface area contributed by atoms with Gasteiger partial charge in [0.1, 0.15) is 0 Å². The minimum Gasteiger partial charge on any atom is -0.393 e. The molecule has 0 aliphatic carbocycles. The molecule has 6 heteroatoms. The highest BCUT2D eigenvalue weighted by atomic mass is 16.3. The maximum absolute atomic E-state index is 10.1. The van der Waals surface area contributed by atoms with Crippen LogP contribution in [0.1, 0.15) is 24.8 Å². The van der Waals surface area contributed by atoms with E-state index < -0.39 is 5.60 Å². The summed E-state index contributed by atoms with van der Waals surface area (Å²) >= 11 is 0. The van der Waals surface area contributed by atoms with Gasteiger partial charge in [-0.15, -0.1) is 0 Å². The van der Waals surface area contributed by atoms with Crippen LogP contribution >= 0.6 is 0 Å². The minimum atomic E-state index is -0.903. The summed E-state index contributed by atoms with van der Waals surface area (Å²) in [4.78, 5) is 12.8. The van der Waals surface area contributed by atoms with Gasteiger partial charge in [-0.25, -0.2) is 9.97 Å². The van der Waals surface area contributed by atoms with Crippen LogP contribution in [0.3, 0.4) is 0 Å². The molecule has 6 nitrogen and oxygen atoms in total. The van der Waals surface area contributed by atoms with E-state index in [9.17, 15) is 10.2 Å². The number of nitrogens with zero attached hydrogens (tertiary/aromatic N) is 4. The second kappa shape index (κ2) is 6.47. The van der Waals surface area contributed by atoms with Gasteiger partial charge in [0.25, 0.3) is 0 Å². The number of likely N-dealkylation sites (tertiary alicyclic amines) is 1. The van der Waals surface area contributed by atoms with Crippen LogP contribution in [0.25, 0.3) is 0 Å². The highest BCUT2D eigenvalue weighted by Gasteiger charge is 2.29. The standard InChI is InChI=1S/C14H24N4O2/c1-17(2)13-15-8-12(9-16-13)10-18-6-3-4-14(20,11-19)5-7-18/h8-9,19-20H,3-7,10-11H2,1-2H3/t14-/m1/s1. The minimum absolute atomic E-state index is 0.151. The van der Waals surface area contributed by atoms with Crippen LogP contribution in [0.5, 0.6) is 0 Å². The average Bonchev–Trinajstić information content (AvgIpc) is 2.63. The Balaban J connectivity index is 1.93. The third-order valence-corrected chi connectivity index (χ3v) is 3.80. The Morgan fingerprint density at radius 1 is 1.25 bits per heavy atom. The summed E-state index contributed by atoms with van der Waals surface area (Å²) in [6, 6.07) is 0. The topological polar surface area (TPSA) is 72.7 Å². The molecule has 2 heterocycles. The molecule has 0 radical (unpaired) electrons. The fourth-order valence-corrected chi connectivity index (χ4v) is 2.47. The molecule has 1 aromatic heterocycles. The van der Waals surface area contributed by atoms with Gasteiger partial charge in [-0.05, 0) is 25.8 Å². The first-order valence-electron chi connectivity index (χ1n) is 7.06. The number of aliphatic hydroxyl groups is 2. The van der Waals surface area contributed by atoms with Gasteiger partial charge >= 0.3 is 0 Å². The molecule has 0 aromatic carbocycles. The number of rotatable bonds is 4. The molecule has 1 aromatic rings. The Kier molecular flexibility index (Phi) is 4.91. The molecule has 1 fully saturated rings. The predicted octanol–water partition coefficient (Wildman–Crippen LogP) is 0.252. The van der Waals surface area contributed by atoms with Crippen molar-refractivity contribution in [2.45, 2.75) is 31.4 Å². The van der Waals surface area contributed by atoms with Crippen molar-refractivity contribution in [1.29, 1.82) is 0 Å². The summed E-state index contributed by atoms with van der Waals surface area (Å²) in [5.41, 5.74) is 0.171. The van der Waals surface area contributed by atoms with E-state index in [4.69, 9.17) is 0 Å². The molecule has 2 N–H and O–H groups in total. The van der Waals surface area contributed by atoms with Crippen LogP contribution in [0.15, 0.2) is 12.4 Å². The number of aliphatic hydroxyl groups excluding tert-OH is 1. The molecular formula is C14H24N4O2. The van der Waals surface area contributed by atoms with Crippen molar-refractivity contribution in [3.63, 3.8) is 0 Å². The van der Waals surface area contributed by atoms with Crippen molar-refractivity contribution in [2.24, 2.45) is 0 Å². The molecule has 1 aliphatic rings. The van der Waals surface area contributed by atoms with Crippen LogP contribution in [0.4, 0.5) is 5.95 Å². The van der Waals surface area contributed by atoms with E-state index in [1.807, 2.05) is 31.4 Å². The predicted molar refractivity (Wildman–Crippen MR) is 77.5 cm³/mol. The summed E-state index contributed by atoms with van der Waals surface area (Å²) in [5, 5.41) is 19.4. The van der Waals surface area contributed by atoms with Crippen molar-refractivity contribution in [1.82, 2.24) is 14.9 Å². The first-order valence-corrected chi connectivity index (χ1v) is 7.06. The zero-order valence-corrected chi connectivity index (χ0v) is 12.3. The average molecular weight is 280 g/mol. The lowest BCUT2D eigenvalue weighted by molar-refractivity contribution is -0.0255. The Morgan fingerprint density at radius 3 is 2.55 bits per heavy atom. The van der Waals surface area contributed by atoms with E-state index >= 15 is 0 Å². The van der Waals surface area contributed by atoms with Crippen molar-refractivity contribution < 1.29 is 10.2 Å². The van der Waals surface area contributed by atoms with E-state index in [-0.39, 0.29) is 6.61 Å². The van der Waals surface area contributed by atoms with E-state index in [1.54, 1.807) is 0 Å². The Hall–Kier alpha value is -1.24. The van der Waals surface area contributed by atoms with Gasteiger partial charge in [0, 0.05) is 45.1 Å². The smallest absolute Gasteiger partial charge is 0.224 e. The summed E-state index contributed by atoms with van der Waals surface area (Å²) in [6.07, 6.45) is 5.88. The third-order valence-electron chi connectivity index (χ3n) is 3.80. The maximum atomic E-state index is 10.1. The van der Waals surface area contributed by atoms with E-state index in [1.165, 1.54) is 0 Å². The van der Waals surface area contributed by atoms with Crippen LogP contribution in [0.2, 0.25) is 0 Å². The van der Waals surface area contributed by atoms with Crippen molar-refractivity contribution in [2.75, 3.05) is 38.7 Å². The first-order chi connectivity index (χ1) is 9.52. The zero-order chi connectivity index (χ0) is 14.6. The summed E-state index contributed by atoms with van der Waals surface area (Å²) in [7, 11) is 3.83. The van der Waals surface area contributed by atoms with Gasteiger partial charge < -0.3 is 15.1 Å². The van der Waals surface area contributed by atoms with Crippen molar-refractivity contribution in [3.8, 4) is 0 Å². The van der Waals surface area contributed by atoms with Crippen molar-refractivity contribution in [3.05, 3.63) is 18.0 Å². The molecule has 1 aliphatic heterocycles. The SMILES string of the molecule is CN(C)c1ncc(CN2CCC[C@](O)(CO)CC2)cn1.